The molecular formula is C19H21BrN2O2. The number of rotatable bonds is 5. The Morgan fingerprint density at radius 3 is 2.33 bits per heavy atom. The lowest BCUT2D eigenvalue weighted by Crippen LogP contribution is -2.27. The van der Waals surface area contributed by atoms with E-state index in [1.165, 1.54) is 0 Å². The smallest absolute Gasteiger partial charge is 0.255 e. The van der Waals surface area contributed by atoms with E-state index in [0.717, 1.165) is 15.7 Å². The van der Waals surface area contributed by atoms with E-state index in [1.54, 1.807) is 24.3 Å². The van der Waals surface area contributed by atoms with Crippen LogP contribution in [0, 0.1) is 12.8 Å². The molecule has 0 spiro atoms. The van der Waals surface area contributed by atoms with Gasteiger partial charge in [0.2, 0.25) is 0 Å². The van der Waals surface area contributed by atoms with Crippen molar-refractivity contribution in [1.82, 2.24) is 5.32 Å². The molecule has 0 aliphatic rings. The van der Waals surface area contributed by atoms with Crippen LogP contribution >= 0.6 is 15.9 Å². The molecule has 0 atom stereocenters. The quantitative estimate of drug-likeness (QED) is 0.797. The summed E-state index contributed by atoms with van der Waals surface area (Å²) in [6, 6.07) is 12.3. The molecule has 0 saturated carbocycles. The van der Waals surface area contributed by atoms with Crippen LogP contribution in [-0.2, 0) is 0 Å². The van der Waals surface area contributed by atoms with Crippen molar-refractivity contribution in [2.24, 2.45) is 5.92 Å². The normalized spacial score (nSPS) is 10.5. The van der Waals surface area contributed by atoms with Gasteiger partial charge in [0, 0.05) is 27.8 Å². The maximum Gasteiger partial charge on any atom is 0.255 e. The summed E-state index contributed by atoms with van der Waals surface area (Å²) in [4.78, 5) is 24.5. The number of hydrogen-bond donors (Lipinski definition) is 2. The van der Waals surface area contributed by atoms with Crippen molar-refractivity contribution in [3.63, 3.8) is 0 Å². The maximum atomic E-state index is 12.4. The Hall–Kier alpha value is -2.14. The Morgan fingerprint density at radius 2 is 1.71 bits per heavy atom. The summed E-state index contributed by atoms with van der Waals surface area (Å²) in [5, 5.41) is 5.70. The van der Waals surface area contributed by atoms with Gasteiger partial charge in [-0.1, -0.05) is 35.8 Å². The number of aryl methyl sites for hydroxylation is 1. The second kappa shape index (κ2) is 8.11. The molecule has 0 bridgehead atoms. The zero-order chi connectivity index (χ0) is 17.7. The van der Waals surface area contributed by atoms with Gasteiger partial charge in [0.25, 0.3) is 11.8 Å². The van der Waals surface area contributed by atoms with Crippen molar-refractivity contribution < 1.29 is 9.59 Å². The van der Waals surface area contributed by atoms with Crippen LogP contribution in [0.25, 0.3) is 0 Å². The molecular weight excluding hydrogens is 368 g/mol. The van der Waals surface area contributed by atoms with Gasteiger partial charge in [-0.25, -0.2) is 0 Å². The summed E-state index contributed by atoms with van der Waals surface area (Å²) < 4.78 is 0.990. The van der Waals surface area contributed by atoms with Crippen molar-refractivity contribution in [3.05, 3.63) is 63.6 Å². The largest absolute Gasteiger partial charge is 0.352 e. The number of nitrogens with one attached hydrogen (secondary N) is 2. The Balaban J connectivity index is 2.11. The number of carbonyl (C=O) groups excluding carboxylic acids is 2. The molecule has 0 aliphatic carbocycles. The third kappa shape index (κ3) is 4.93. The van der Waals surface area contributed by atoms with E-state index >= 15 is 0 Å². The molecule has 5 heteroatoms. The second-order valence-corrected chi connectivity index (χ2v) is 6.96. The molecule has 0 aliphatic heterocycles. The van der Waals surface area contributed by atoms with Gasteiger partial charge in [-0.15, -0.1) is 0 Å². The van der Waals surface area contributed by atoms with E-state index < -0.39 is 0 Å². The second-order valence-electron chi connectivity index (χ2n) is 6.10. The molecule has 2 N–H and O–H groups in total. The van der Waals surface area contributed by atoms with Crippen molar-refractivity contribution in [1.29, 1.82) is 0 Å². The van der Waals surface area contributed by atoms with Crippen LogP contribution in [0.1, 0.15) is 40.1 Å². The van der Waals surface area contributed by atoms with Crippen LogP contribution in [0.5, 0.6) is 0 Å². The zero-order valence-corrected chi connectivity index (χ0v) is 15.6. The van der Waals surface area contributed by atoms with E-state index in [-0.39, 0.29) is 11.8 Å². The number of carbonyl (C=O) groups is 2. The SMILES string of the molecule is Cc1cc(NC(=O)c2cccc(C(=O)NCC(C)C)c2)ccc1Br. The van der Waals surface area contributed by atoms with Crippen molar-refractivity contribution in [2.45, 2.75) is 20.8 Å². The predicted octanol–water partition coefficient (Wildman–Crippen LogP) is 4.40. The topological polar surface area (TPSA) is 58.2 Å². The lowest BCUT2D eigenvalue weighted by atomic mass is 10.1. The molecule has 0 fully saturated rings. The lowest BCUT2D eigenvalue weighted by molar-refractivity contribution is 0.0949. The van der Waals surface area contributed by atoms with Gasteiger partial charge in [0.1, 0.15) is 0 Å². The van der Waals surface area contributed by atoms with E-state index in [2.05, 4.69) is 26.6 Å². The summed E-state index contributed by atoms with van der Waals surface area (Å²) in [6.07, 6.45) is 0. The van der Waals surface area contributed by atoms with Gasteiger partial charge in [0.15, 0.2) is 0 Å². The third-order valence-corrected chi connectivity index (χ3v) is 4.36. The first kappa shape index (κ1) is 18.2. The minimum absolute atomic E-state index is 0.169. The number of hydrogen-bond acceptors (Lipinski definition) is 2. The Kier molecular flexibility index (Phi) is 6.15. The molecule has 4 nitrogen and oxygen atoms in total. The number of halogens is 1. The van der Waals surface area contributed by atoms with Gasteiger partial charge in [-0.05, 0) is 54.8 Å². The summed E-state index contributed by atoms with van der Waals surface area (Å²) >= 11 is 3.43. The highest BCUT2D eigenvalue weighted by atomic mass is 79.9. The van der Waals surface area contributed by atoms with Crippen molar-refractivity contribution in [3.8, 4) is 0 Å². The Labute approximate surface area is 150 Å². The minimum atomic E-state index is -0.241. The fraction of sp³-hybridized carbons (Fsp3) is 0.263. The highest BCUT2D eigenvalue weighted by molar-refractivity contribution is 9.10. The third-order valence-electron chi connectivity index (χ3n) is 3.47. The van der Waals surface area contributed by atoms with E-state index in [1.807, 2.05) is 39.0 Å². The average molecular weight is 389 g/mol. The van der Waals surface area contributed by atoms with Crippen molar-refractivity contribution in [2.75, 3.05) is 11.9 Å². The minimum Gasteiger partial charge on any atom is -0.352 e. The van der Waals surface area contributed by atoms with Crippen LogP contribution in [0.2, 0.25) is 0 Å². The molecule has 0 aromatic heterocycles. The van der Waals surface area contributed by atoms with E-state index in [4.69, 9.17) is 0 Å². The van der Waals surface area contributed by atoms with Crippen LogP contribution in [0.15, 0.2) is 46.9 Å². The molecule has 24 heavy (non-hydrogen) atoms. The van der Waals surface area contributed by atoms with Crippen LogP contribution in [0.3, 0.4) is 0 Å². The molecule has 2 rings (SSSR count). The average Bonchev–Trinajstić information content (AvgIpc) is 2.56. The van der Waals surface area contributed by atoms with Crippen LogP contribution in [-0.4, -0.2) is 18.4 Å². The van der Waals surface area contributed by atoms with Crippen LogP contribution in [0.4, 0.5) is 5.69 Å². The van der Waals surface area contributed by atoms with E-state index in [0.29, 0.717) is 23.6 Å². The molecule has 2 aromatic rings. The first-order valence-corrected chi connectivity index (χ1v) is 8.62. The van der Waals surface area contributed by atoms with Crippen molar-refractivity contribution >= 4 is 33.4 Å². The monoisotopic (exact) mass is 388 g/mol. The number of amides is 2. The highest BCUT2D eigenvalue weighted by Gasteiger charge is 2.11. The summed E-state index contributed by atoms with van der Waals surface area (Å²) in [6.45, 7) is 6.63. The summed E-state index contributed by atoms with van der Waals surface area (Å²) in [5.74, 6) is -0.0332. The summed E-state index contributed by atoms with van der Waals surface area (Å²) in [5.41, 5.74) is 2.69. The fourth-order valence-corrected chi connectivity index (χ4v) is 2.37. The number of benzene rings is 2. The van der Waals surface area contributed by atoms with E-state index in [9.17, 15) is 9.59 Å². The molecule has 0 unspecified atom stereocenters. The first-order valence-electron chi connectivity index (χ1n) is 7.82. The molecule has 2 aromatic carbocycles. The van der Waals surface area contributed by atoms with Gasteiger partial charge in [-0.2, -0.15) is 0 Å². The molecule has 0 heterocycles. The predicted molar refractivity (Wildman–Crippen MR) is 100 cm³/mol. The van der Waals surface area contributed by atoms with Gasteiger partial charge >= 0.3 is 0 Å². The molecule has 0 radical (unpaired) electrons. The van der Waals surface area contributed by atoms with Gasteiger partial charge < -0.3 is 10.6 Å². The fourth-order valence-electron chi connectivity index (χ4n) is 2.13. The standard InChI is InChI=1S/C19H21BrN2O2/c1-12(2)11-21-18(23)14-5-4-6-15(10-14)19(24)22-16-7-8-17(20)13(3)9-16/h4-10,12H,11H2,1-3H3,(H,21,23)(H,22,24). The first-order chi connectivity index (χ1) is 11.4. The molecule has 0 saturated heterocycles. The molecule has 126 valence electrons. The maximum absolute atomic E-state index is 12.4. The lowest BCUT2D eigenvalue weighted by Gasteiger charge is -2.10. The zero-order valence-electron chi connectivity index (χ0n) is 14.0. The number of anilines is 1. The Bertz CT molecular complexity index is 757. The molecule has 2 amide bonds. The van der Waals surface area contributed by atoms with Crippen LogP contribution < -0.4 is 10.6 Å². The Morgan fingerprint density at radius 1 is 1.04 bits per heavy atom. The summed E-state index contributed by atoms with van der Waals surface area (Å²) in [7, 11) is 0. The van der Waals surface area contributed by atoms with Gasteiger partial charge in [-0.3, -0.25) is 9.59 Å². The highest BCUT2D eigenvalue weighted by Crippen LogP contribution is 2.20. The van der Waals surface area contributed by atoms with Gasteiger partial charge in [0.05, 0.1) is 0 Å².